The third-order valence-electron chi connectivity index (χ3n) is 7.19. The maximum Gasteiger partial charge on any atom is 0.167 e. The van der Waals surface area contributed by atoms with Crippen molar-refractivity contribution in [2.45, 2.75) is 56.8 Å². The zero-order valence-corrected chi connectivity index (χ0v) is 23.1. The molecule has 0 amide bonds. The Bertz CT molecular complexity index is 1330. The number of methoxy groups -OCH3 is 1. The van der Waals surface area contributed by atoms with E-state index in [1.807, 2.05) is 36.4 Å². The third-order valence-corrected chi connectivity index (χ3v) is 7.19. The van der Waals surface area contributed by atoms with Crippen LogP contribution in [0.15, 0.2) is 67.0 Å². The lowest BCUT2D eigenvalue weighted by molar-refractivity contribution is -0.0580. The quantitative estimate of drug-likeness (QED) is 0.212. The number of hydrogen-bond donors (Lipinski definition) is 4. The highest BCUT2D eigenvalue weighted by Crippen LogP contribution is 2.33. The van der Waals surface area contributed by atoms with E-state index < -0.39 is 24.5 Å². The fraction of sp³-hybridized carbons (Fsp3) is 0.433. The highest BCUT2D eigenvalue weighted by atomic mass is 16.6. The van der Waals surface area contributed by atoms with Crippen LogP contribution in [0.3, 0.4) is 0 Å². The molecular weight excluding hydrogens is 508 g/mol. The predicted octanol–water partition coefficient (Wildman–Crippen LogP) is 2.88. The van der Waals surface area contributed by atoms with Crippen molar-refractivity contribution in [3.63, 3.8) is 0 Å². The Hall–Kier alpha value is -3.41. The van der Waals surface area contributed by atoms with E-state index in [1.54, 1.807) is 10.9 Å². The Morgan fingerprint density at radius 3 is 2.27 bits per heavy atom. The van der Waals surface area contributed by atoms with Gasteiger partial charge in [0, 0.05) is 38.6 Å². The van der Waals surface area contributed by atoms with Crippen LogP contribution in [0.25, 0.3) is 11.2 Å². The fourth-order valence-corrected chi connectivity index (χ4v) is 5.11. The third kappa shape index (κ3) is 6.16. The van der Waals surface area contributed by atoms with Crippen molar-refractivity contribution in [1.82, 2.24) is 24.8 Å². The van der Waals surface area contributed by atoms with Crippen LogP contribution in [0.2, 0.25) is 0 Å². The molecule has 2 aromatic carbocycles. The van der Waals surface area contributed by atoms with E-state index in [0.29, 0.717) is 48.4 Å². The number of hydrogen-bond acceptors (Lipinski definition) is 9. The summed E-state index contributed by atoms with van der Waals surface area (Å²) in [6.07, 6.45) is -1.57. The summed E-state index contributed by atoms with van der Waals surface area (Å²) in [7, 11) is 1.53. The molecule has 0 radical (unpaired) electrons. The first-order valence-corrected chi connectivity index (χ1v) is 13.8. The van der Waals surface area contributed by atoms with Gasteiger partial charge in [-0.1, -0.05) is 74.5 Å². The molecular formula is C30H38N6O4. The van der Waals surface area contributed by atoms with E-state index in [4.69, 9.17) is 19.4 Å². The molecule has 5 rings (SSSR count). The average molecular weight is 547 g/mol. The van der Waals surface area contributed by atoms with Gasteiger partial charge in [0.1, 0.15) is 24.1 Å². The first kappa shape index (κ1) is 28.1. The van der Waals surface area contributed by atoms with Gasteiger partial charge in [-0.15, -0.1) is 0 Å². The van der Waals surface area contributed by atoms with Gasteiger partial charge in [-0.3, -0.25) is 4.57 Å². The van der Waals surface area contributed by atoms with E-state index in [2.05, 4.69) is 53.7 Å². The number of nitrogens with zero attached hydrogens (tertiary/aromatic N) is 4. The Morgan fingerprint density at radius 1 is 0.975 bits per heavy atom. The van der Waals surface area contributed by atoms with Crippen LogP contribution in [-0.2, 0) is 15.9 Å². The number of aliphatic hydroxyl groups is 2. The summed E-state index contributed by atoms with van der Waals surface area (Å²) < 4.78 is 12.8. The van der Waals surface area contributed by atoms with Crippen molar-refractivity contribution in [1.29, 1.82) is 0 Å². The molecule has 0 bridgehead atoms. The number of fused-ring (bicyclic) bond motifs is 1. The van der Waals surface area contributed by atoms with Crippen LogP contribution >= 0.6 is 0 Å². The highest BCUT2D eigenvalue weighted by molar-refractivity contribution is 5.83. The van der Waals surface area contributed by atoms with Gasteiger partial charge in [0.05, 0.1) is 12.9 Å². The first-order chi connectivity index (χ1) is 19.5. The monoisotopic (exact) mass is 546 g/mol. The molecule has 40 heavy (non-hydrogen) atoms. The first-order valence-electron chi connectivity index (χ1n) is 13.8. The van der Waals surface area contributed by atoms with Crippen LogP contribution in [-0.4, -0.2) is 80.9 Å². The number of anilines is 1. The van der Waals surface area contributed by atoms with Crippen LogP contribution in [0, 0.1) is 0 Å². The molecule has 1 aliphatic heterocycles. The Balaban J connectivity index is 1.48. The maximum absolute atomic E-state index is 10.8. The minimum absolute atomic E-state index is 0.0884. The number of benzene rings is 2. The summed E-state index contributed by atoms with van der Waals surface area (Å²) in [5, 5.41) is 28.3. The van der Waals surface area contributed by atoms with Crippen LogP contribution in [0.4, 0.5) is 5.82 Å². The lowest BCUT2D eigenvalue weighted by atomic mass is 9.91. The molecule has 4 atom stereocenters. The largest absolute Gasteiger partial charge is 0.387 e. The number of rotatable bonds is 12. The second kappa shape index (κ2) is 12.8. The van der Waals surface area contributed by atoms with Gasteiger partial charge in [-0.25, -0.2) is 15.0 Å². The van der Waals surface area contributed by atoms with Gasteiger partial charge >= 0.3 is 0 Å². The van der Waals surface area contributed by atoms with Crippen LogP contribution < -0.4 is 10.6 Å². The van der Waals surface area contributed by atoms with Crippen LogP contribution in [0.5, 0.6) is 0 Å². The van der Waals surface area contributed by atoms with E-state index in [0.717, 1.165) is 0 Å². The fourth-order valence-electron chi connectivity index (χ4n) is 5.11. The van der Waals surface area contributed by atoms with Crippen molar-refractivity contribution in [3.8, 4) is 0 Å². The van der Waals surface area contributed by atoms with Crippen molar-refractivity contribution in [3.05, 3.63) is 83.9 Å². The summed E-state index contributed by atoms with van der Waals surface area (Å²) in [6, 6.07) is 21.1. The van der Waals surface area contributed by atoms with Crippen molar-refractivity contribution in [2.75, 3.05) is 32.1 Å². The van der Waals surface area contributed by atoms with E-state index in [9.17, 15) is 10.2 Å². The second-order valence-electron chi connectivity index (χ2n) is 10.4. The Morgan fingerprint density at radius 2 is 1.65 bits per heavy atom. The molecule has 1 aliphatic rings. The number of ether oxygens (including phenoxy) is 2. The van der Waals surface area contributed by atoms with Gasteiger partial charge in [0.15, 0.2) is 23.2 Å². The normalized spacial score (nSPS) is 21.1. The Labute approximate surface area is 234 Å². The van der Waals surface area contributed by atoms with E-state index in [-0.39, 0.29) is 12.5 Å². The minimum Gasteiger partial charge on any atom is -0.387 e. The molecule has 10 heteroatoms. The number of nitrogens with one attached hydrogen (secondary N) is 2. The molecule has 0 spiro atoms. The summed E-state index contributed by atoms with van der Waals surface area (Å²) in [5.41, 5.74) is 3.49. The summed E-state index contributed by atoms with van der Waals surface area (Å²) in [5.74, 6) is 1.34. The standard InChI is InChI=1S/C30H38N6O4/c1-19(2)31-15-14-24-34-28(32-16-22(20-10-6-4-7-11-20)21-12-8-5-9-13-21)25-29(35-24)36(18-33-25)30-27(38)26(37)23(40-30)17-39-3/h4-13,18-19,22-23,26-27,30-31,37-38H,14-17H2,1-3H3,(H,32,34,35). The molecule has 1 saturated heterocycles. The molecule has 0 aliphatic carbocycles. The van der Waals surface area contributed by atoms with E-state index in [1.165, 1.54) is 18.2 Å². The average Bonchev–Trinajstić information content (AvgIpc) is 3.50. The molecule has 10 nitrogen and oxygen atoms in total. The Kier molecular flexibility index (Phi) is 9.03. The zero-order chi connectivity index (χ0) is 28.1. The smallest absolute Gasteiger partial charge is 0.167 e. The lowest BCUT2D eigenvalue weighted by Gasteiger charge is -2.20. The van der Waals surface area contributed by atoms with E-state index >= 15 is 0 Å². The molecule has 212 valence electrons. The topological polar surface area (TPSA) is 127 Å². The van der Waals surface area contributed by atoms with Gasteiger partial charge in [-0.05, 0) is 11.1 Å². The number of aliphatic hydroxyl groups excluding tert-OH is 2. The molecule has 1 fully saturated rings. The summed E-state index contributed by atoms with van der Waals surface area (Å²) in [4.78, 5) is 14.3. The molecule has 4 aromatic rings. The van der Waals surface area contributed by atoms with Gasteiger partial charge in [0.25, 0.3) is 0 Å². The predicted molar refractivity (Wildman–Crippen MR) is 153 cm³/mol. The van der Waals surface area contributed by atoms with Gasteiger partial charge < -0.3 is 30.3 Å². The van der Waals surface area contributed by atoms with Crippen LogP contribution in [0.1, 0.15) is 42.9 Å². The maximum atomic E-state index is 10.8. The summed E-state index contributed by atoms with van der Waals surface area (Å²) in [6.45, 7) is 5.66. The van der Waals surface area contributed by atoms with Crippen molar-refractivity contribution >= 4 is 17.0 Å². The SMILES string of the molecule is COCC1OC(n2cnc3c(NCC(c4ccccc4)c4ccccc4)nc(CCNC(C)C)nc32)C(O)C1O. The number of imidazole rings is 1. The second-order valence-corrected chi connectivity index (χ2v) is 10.4. The molecule has 4 unspecified atom stereocenters. The van der Waals surface area contributed by atoms with Crippen molar-refractivity contribution < 1.29 is 19.7 Å². The zero-order valence-electron chi connectivity index (χ0n) is 23.1. The number of aromatic nitrogens is 4. The molecule has 4 N–H and O–H groups in total. The van der Waals surface area contributed by atoms with Gasteiger partial charge in [-0.2, -0.15) is 0 Å². The van der Waals surface area contributed by atoms with Crippen molar-refractivity contribution in [2.24, 2.45) is 0 Å². The summed E-state index contributed by atoms with van der Waals surface area (Å²) >= 11 is 0. The minimum atomic E-state index is -1.16. The lowest BCUT2D eigenvalue weighted by Crippen LogP contribution is -2.33. The molecule has 2 aromatic heterocycles. The van der Waals surface area contributed by atoms with Gasteiger partial charge in [0.2, 0.25) is 0 Å². The highest BCUT2D eigenvalue weighted by Gasteiger charge is 2.44. The molecule has 0 saturated carbocycles. The molecule has 3 heterocycles.